The lowest BCUT2D eigenvalue weighted by molar-refractivity contribution is 0.602. The molecule has 1 N–H and O–H groups in total. The zero-order chi connectivity index (χ0) is 14.3. The Kier molecular flexibility index (Phi) is 2.94. The molecule has 7 nitrogen and oxygen atoms in total. The first-order valence-corrected chi connectivity index (χ1v) is 8.09. The molecule has 0 amide bonds. The second kappa shape index (κ2) is 4.53. The number of fused-ring (bicyclic) bond motifs is 1. The summed E-state index contributed by atoms with van der Waals surface area (Å²) in [5, 5.41) is 5.80. The summed E-state index contributed by atoms with van der Waals surface area (Å²) in [6.07, 6.45) is 0. The van der Waals surface area contributed by atoms with Gasteiger partial charge in [-0.1, -0.05) is 6.07 Å². The van der Waals surface area contributed by atoms with E-state index in [-0.39, 0.29) is 10.2 Å². The van der Waals surface area contributed by atoms with Crippen molar-refractivity contribution in [1.29, 1.82) is 0 Å². The van der Waals surface area contributed by atoms with E-state index >= 15 is 0 Å². The Hall–Kier alpha value is -2.00. The van der Waals surface area contributed by atoms with Gasteiger partial charge in [0, 0.05) is 11.4 Å². The summed E-state index contributed by atoms with van der Waals surface area (Å²) in [4.78, 5) is 8.29. The number of thiophene rings is 1. The summed E-state index contributed by atoms with van der Waals surface area (Å²) in [6, 6.07) is 5.04. The predicted octanol–water partition coefficient (Wildman–Crippen LogP) is 1.60. The highest BCUT2D eigenvalue weighted by molar-refractivity contribution is 7.94. The Balaban J connectivity index is 2.02. The number of hydrogen-bond acceptors (Lipinski definition) is 6. The van der Waals surface area contributed by atoms with E-state index in [1.54, 1.807) is 11.4 Å². The van der Waals surface area contributed by atoms with Crippen molar-refractivity contribution in [2.45, 2.75) is 18.1 Å². The van der Waals surface area contributed by atoms with E-state index in [0.29, 0.717) is 5.78 Å². The first kappa shape index (κ1) is 13.0. The van der Waals surface area contributed by atoms with E-state index < -0.39 is 10.0 Å². The van der Waals surface area contributed by atoms with E-state index in [0.717, 1.165) is 22.7 Å². The lowest BCUT2D eigenvalue weighted by Crippen LogP contribution is -2.12. The fourth-order valence-electron chi connectivity index (χ4n) is 1.80. The molecule has 0 aliphatic carbocycles. The van der Waals surface area contributed by atoms with E-state index in [9.17, 15) is 8.42 Å². The molecule has 0 saturated heterocycles. The minimum absolute atomic E-state index is 0.0135. The minimum Gasteiger partial charge on any atom is -0.245 e. The molecule has 3 aromatic rings. The number of nitrogens with one attached hydrogen (secondary N) is 1. The van der Waals surface area contributed by atoms with Crippen molar-refractivity contribution >= 4 is 33.1 Å². The van der Waals surface area contributed by atoms with Crippen molar-refractivity contribution in [2.24, 2.45) is 0 Å². The van der Waals surface area contributed by atoms with Crippen LogP contribution in [0, 0.1) is 13.8 Å². The standard InChI is InChI=1S/C11H11N5O2S2/c1-7-6-8(2)16-11(12-7)13-10(14-16)15-20(17,18)9-4-3-5-19-9/h3-6H,1-2H3,(H,14,15). The molecule has 0 saturated carbocycles. The van der Waals surface area contributed by atoms with Crippen molar-refractivity contribution in [1.82, 2.24) is 19.6 Å². The van der Waals surface area contributed by atoms with Crippen LogP contribution in [-0.2, 0) is 10.0 Å². The molecule has 104 valence electrons. The molecule has 0 aliphatic heterocycles. The van der Waals surface area contributed by atoms with E-state index in [1.165, 1.54) is 10.6 Å². The first-order valence-electron chi connectivity index (χ1n) is 5.73. The van der Waals surface area contributed by atoms with Crippen molar-refractivity contribution in [3.63, 3.8) is 0 Å². The number of anilines is 1. The number of nitrogens with zero attached hydrogens (tertiary/aromatic N) is 4. The number of sulfonamides is 1. The molecular formula is C11H11N5O2S2. The van der Waals surface area contributed by atoms with Crippen LogP contribution in [0.5, 0.6) is 0 Å². The summed E-state index contributed by atoms with van der Waals surface area (Å²) < 4.78 is 28.2. The number of aromatic nitrogens is 4. The monoisotopic (exact) mass is 309 g/mol. The Bertz CT molecular complexity index is 868. The van der Waals surface area contributed by atoms with E-state index in [4.69, 9.17) is 0 Å². The van der Waals surface area contributed by atoms with Gasteiger partial charge in [-0.15, -0.1) is 16.4 Å². The highest BCUT2D eigenvalue weighted by Crippen LogP contribution is 2.18. The van der Waals surface area contributed by atoms with Gasteiger partial charge in [-0.2, -0.15) is 9.50 Å². The molecule has 0 aliphatic rings. The summed E-state index contributed by atoms with van der Waals surface area (Å²) in [7, 11) is -3.64. The van der Waals surface area contributed by atoms with Crippen LogP contribution in [0.15, 0.2) is 27.8 Å². The van der Waals surface area contributed by atoms with Crippen LogP contribution in [0.2, 0.25) is 0 Å². The second-order valence-electron chi connectivity index (χ2n) is 4.22. The average Bonchev–Trinajstić information content (AvgIpc) is 2.96. The van der Waals surface area contributed by atoms with Crippen LogP contribution >= 0.6 is 11.3 Å². The lowest BCUT2D eigenvalue weighted by atomic mass is 10.4. The number of aryl methyl sites for hydroxylation is 2. The quantitative estimate of drug-likeness (QED) is 0.794. The van der Waals surface area contributed by atoms with Gasteiger partial charge in [-0.3, -0.25) is 0 Å². The third-order valence-electron chi connectivity index (χ3n) is 2.60. The van der Waals surface area contributed by atoms with Gasteiger partial charge in [-0.25, -0.2) is 18.1 Å². The second-order valence-corrected chi connectivity index (χ2v) is 7.08. The van der Waals surface area contributed by atoms with Crippen molar-refractivity contribution < 1.29 is 8.42 Å². The van der Waals surface area contributed by atoms with E-state index in [1.807, 2.05) is 19.9 Å². The maximum atomic E-state index is 12.1. The number of hydrogen-bond donors (Lipinski definition) is 1. The minimum atomic E-state index is -3.64. The Labute approximate surface area is 119 Å². The van der Waals surface area contributed by atoms with Gasteiger partial charge in [0.1, 0.15) is 4.21 Å². The third kappa shape index (κ3) is 2.25. The normalized spacial score (nSPS) is 11.9. The van der Waals surface area contributed by atoms with Gasteiger partial charge >= 0.3 is 0 Å². The predicted molar refractivity (Wildman–Crippen MR) is 75.4 cm³/mol. The van der Waals surface area contributed by atoms with Gasteiger partial charge in [-0.05, 0) is 31.4 Å². The molecule has 0 radical (unpaired) electrons. The summed E-state index contributed by atoms with van der Waals surface area (Å²) in [5.41, 5.74) is 1.64. The molecule has 9 heteroatoms. The Morgan fingerprint density at radius 1 is 1.30 bits per heavy atom. The Morgan fingerprint density at radius 3 is 2.80 bits per heavy atom. The zero-order valence-electron chi connectivity index (χ0n) is 10.7. The van der Waals surface area contributed by atoms with Crippen LogP contribution < -0.4 is 4.72 Å². The van der Waals surface area contributed by atoms with Gasteiger partial charge < -0.3 is 0 Å². The molecule has 0 unspecified atom stereocenters. The topological polar surface area (TPSA) is 89.2 Å². The summed E-state index contributed by atoms with van der Waals surface area (Å²) >= 11 is 1.13. The first-order chi connectivity index (χ1) is 9.45. The van der Waals surface area contributed by atoms with Crippen LogP contribution in [0.1, 0.15) is 11.4 Å². The average molecular weight is 309 g/mol. The Morgan fingerprint density at radius 2 is 2.10 bits per heavy atom. The van der Waals surface area contributed by atoms with Gasteiger partial charge in [0.05, 0.1) is 0 Å². The largest absolute Gasteiger partial charge is 0.273 e. The van der Waals surface area contributed by atoms with Crippen molar-refractivity contribution in [2.75, 3.05) is 4.72 Å². The van der Waals surface area contributed by atoms with Crippen LogP contribution in [0.3, 0.4) is 0 Å². The fraction of sp³-hybridized carbons (Fsp3) is 0.182. The number of rotatable bonds is 3. The SMILES string of the molecule is Cc1cc(C)n2nc(NS(=O)(=O)c3cccs3)nc2n1. The molecule has 20 heavy (non-hydrogen) atoms. The smallest absolute Gasteiger partial charge is 0.245 e. The third-order valence-corrected chi connectivity index (χ3v) is 5.33. The van der Waals surface area contributed by atoms with Crippen LogP contribution in [-0.4, -0.2) is 28.0 Å². The van der Waals surface area contributed by atoms with Gasteiger partial charge in [0.15, 0.2) is 0 Å². The van der Waals surface area contributed by atoms with Crippen LogP contribution in [0.25, 0.3) is 5.78 Å². The van der Waals surface area contributed by atoms with Gasteiger partial charge in [0.2, 0.25) is 0 Å². The fourth-order valence-corrected chi connectivity index (χ4v) is 3.73. The van der Waals surface area contributed by atoms with Crippen molar-refractivity contribution in [3.05, 3.63) is 35.0 Å². The van der Waals surface area contributed by atoms with Crippen molar-refractivity contribution in [3.8, 4) is 0 Å². The highest BCUT2D eigenvalue weighted by Gasteiger charge is 2.18. The highest BCUT2D eigenvalue weighted by atomic mass is 32.2. The van der Waals surface area contributed by atoms with Gasteiger partial charge in [0.25, 0.3) is 21.7 Å². The molecule has 0 atom stereocenters. The molecule has 0 aromatic carbocycles. The molecule has 3 rings (SSSR count). The lowest BCUT2D eigenvalue weighted by Gasteiger charge is -2.00. The molecule has 0 fully saturated rings. The molecule has 0 bridgehead atoms. The summed E-state index contributed by atoms with van der Waals surface area (Å²) in [5.74, 6) is 0.381. The summed E-state index contributed by atoms with van der Waals surface area (Å²) in [6.45, 7) is 3.70. The molecule has 3 heterocycles. The maximum absolute atomic E-state index is 12.1. The zero-order valence-corrected chi connectivity index (χ0v) is 12.4. The molecule has 0 spiro atoms. The molecular weight excluding hydrogens is 298 g/mol. The van der Waals surface area contributed by atoms with E-state index in [2.05, 4.69) is 19.8 Å². The van der Waals surface area contributed by atoms with Crippen LogP contribution in [0.4, 0.5) is 5.95 Å². The maximum Gasteiger partial charge on any atom is 0.273 e. The molecule has 3 aromatic heterocycles.